The van der Waals surface area contributed by atoms with Gasteiger partial charge in [0, 0.05) is 22.6 Å². The van der Waals surface area contributed by atoms with Crippen LogP contribution in [0.2, 0.25) is 10.0 Å². The Labute approximate surface area is 132 Å². The van der Waals surface area contributed by atoms with Crippen LogP contribution < -0.4 is 0 Å². The first kappa shape index (κ1) is 12.9. The third-order valence-corrected chi connectivity index (χ3v) is 4.68. The van der Waals surface area contributed by atoms with Crippen LogP contribution in [0.5, 0.6) is 0 Å². The Morgan fingerprint density at radius 2 is 1.67 bits per heavy atom. The zero-order chi connectivity index (χ0) is 14.6. The molecule has 0 aliphatic heterocycles. The molecule has 0 heterocycles. The number of rotatable bonds is 0. The lowest BCUT2D eigenvalue weighted by Gasteiger charge is -2.22. The summed E-state index contributed by atoms with van der Waals surface area (Å²) in [5.41, 5.74) is 3.14. The van der Waals surface area contributed by atoms with Crippen molar-refractivity contribution >= 4 is 39.8 Å². The summed E-state index contributed by atoms with van der Waals surface area (Å²) in [6.45, 7) is 0. The maximum atomic E-state index is 13.0. The zero-order valence-corrected chi connectivity index (χ0v) is 12.5. The van der Waals surface area contributed by atoms with Crippen molar-refractivity contribution in [2.75, 3.05) is 0 Å². The normalized spacial score (nSPS) is 13.1. The lowest BCUT2D eigenvalue weighted by atomic mass is 9.82. The molecule has 0 spiro atoms. The van der Waals surface area contributed by atoms with Crippen LogP contribution >= 0.6 is 23.2 Å². The van der Waals surface area contributed by atoms with Crippen LogP contribution in [0.3, 0.4) is 0 Å². The lowest BCUT2D eigenvalue weighted by Crippen LogP contribution is -2.16. The average molecular weight is 313 g/mol. The molecule has 3 heteroatoms. The Bertz CT molecular complexity index is 912. The van der Waals surface area contributed by atoms with Gasteiger partial charge in [-0.1, -0.05) is 59.6 Å². The molecule has 4 rings (SSSR count). The molecule has 21 heavy (non-hydrogen) atoms. The Kier molecular flexibility index (Phi) is 2.81. The first-order valence-electron chi connectivity index (χ1n) is 6.69. The van der Waals surface area contributed by atoms with Crippen LogP contribution in [0.1, 0.15) is 27.0 Å². The lowest BCUT2D eigenvalue weighted by molar-refractivity contribution is 0.103. The number of ketones is 1. The van der Waals surface area contributed by atoms with Crippen molar-refractivity contribution in [2.24, 2.45) is 0 Å². The van der Waals surface area contributed by atoms with E-state index >= 15 is 0 Å². The molecule has 1 nitrogen and oxygen atoms in total. The van der Waals surface area contributed by atoms with Gasteiger partial charge < -0.3 is 0 Å². The van der Waals surface area contributed by atoms with Crippen molar-refractivity contribution in [3.63, 3.8) is 0 Å². The third kappa shape index (κ3) is 1.81. The third-order valence-electron chi connectivity index (χ3n) is 4.02. The van der Waals surface area contributed by atoms with Crippen LogP contribution in [0.15, 0.2) is 48.5 Å². The van der Waals surface area contributed by atoms with Gasteiger partial charge in [0.2, 0.25) is 0 Å². The fourth-order valence-corrected chi connectivity index (χ4v) is 3.63. The number of carbonyl (C=O) groups excluding carboxylic acids is 1. The molecule has 0 aromatic heterocycles. The van der Waals surface area contributed by atoms with Crippen LogP contribution in [-0.2, 0) is 6.42 Å². The van der Waals surface area contributed by atoms with E-state index in [2.05, 4.69) is 0 Å². The van der Waals surface area contributed by atoms with Crippen LogP contribution in [0.25, 0.3) is 10.8 Å². The quantitative estimate of drug-likeness (QED) is 0.431. The number of hydrogen-bond donors (Lipinski definition) is 0. The second kappa shape index (κ2) is 4.59. The topological polar surface area (TPSA) is 17.1 Å². The van der Waals surface area contributed by atoms with Gasteiger partial charge in [-0.3, -0.25) is 4.79 Å². The van der Waals surface area contributed by atoms with Crippen molar-refractivity contribution in [3.05, 3.63) is 80.8 Å². The molecule has 1 aliphatic carbocycles. The smallest absolute Gasteiger partial charge is 0.195 e. The van der Waals surface area contributed by atoms with Crippen LogP contribution in [0, 0.1) is 0 Å². The van der Waals surface area contributed by atoms with Gasteiger partial charge in [0.25, 0.3) is 0 Å². The maximum absolute atomic E-state index is 13.0. The van der Waals surface area contributed by atoms with Gasteiger partial charge in [-0.05, 0) is 34.0 Å². The standard InChI is InChI=1S/C18H10Cl2O/c19-14-7-3-5-11-8-13-15(20)9-10-4-1-2-6-12(10)17(13)18(21)16(11)14/h1-7,9H,8H2. The minimum absolute atomic E-state index is 0.0319. The molecule has 0 bridgehead atoms. The minimum Gasteiger partial charge on any atom is -0.289 e. The monoisotopic (exact) mass is 312 g/mol. The molecular formula is C18H10Cl2O. The van der Waals surface area contributed by atoms with E-state index in [1.54, 1.807) is 6.07 Å². The molecular weight excluding hydrogens is 303 g/mol. The molecule has 0 N–H and O–H groups in total. The Morgan fingerprint density at radius 3 is 2.52 bits per heavy atom. The van der Waals surface area contributed by atoms with E-state index in [-0.39, 0.29) is 5.78 Å². The summed E-state index contributed by atoms with van der Waals surface area (Å²) in [5, 5.41) is 3.06. The van der Waals surface area contributed by atoms with E-state index in [4.69, 9.17) is 23.2 Å². The summed E-state index contributed by atoms with van der Waals surface area (Å²) in [6, 6.07) is 15.3. The van der Waals surface area contributed by atoms with Crippen molar-refractivity contribution in [2.45, 2.75) is 6.42 Å². The summed E-state index contributed by atoms with van der Waals surface area (Å²) in [6.07, 6.45) is 0.640. The first-order valence-corrected chi connectivity index (χ1v) is 7.44. The molecule has 3 aromatic carbocycles. The summed E-state index contributed by atoms with van der Waals surface area (Å²) in [7, 11) is 0. The van der Waals surface area contributed by atoms with Crippen molar-refractivity contribution in [1.29, 1.82) is 0 Å². The number of benzene rings is 3. The highest BCUT2D eigenvalue weighted by Gasteiger charge is 2.28. The molecule has 0 unspecified atom stereocenters. The average Bonchev–Trinajstić information content (AvgIpc) is 2.47. The second-order valence-electron chi connectivity index (χ2n) is 5.21. The number of hydrogen-bond acceptors (Lipinski definition) is 1. The predicted octanol–water partition coefficient (Wildman–Crippen LogP) is 5.28. The largest absolute Gasteiger partial charge is 0.289 e. The summed E-state index contributed by atoms with van der Waals surface area (Å²) >= 11 is 12.6. The van der Waals surface area contributed by atoms with Gasteiger partial charge in [0.1, 0.15) is 0 Å². The van der Waals surface area contributed by atoms with Gasteiger partial charge in [0.05, 0.1) is 5.02 Å². The number of carbonyl (C=O) groups is 1. The van der Waals surface area contributed by atoms with Crippen molar-refractivity contribution in [3.8, 4) is 0 Å². The highest BCUT2D eigenvalue weighted by atomic mass is 35.5. The molecule has 1 aliphatic rings. The Morgan fingerprint density at radius 1 is 0.857 bits per heavy atom. The first-order chi connectivity index (χ1) is 10.2. The molecule has 102 valence electrons. The SMILES string of the molecule is O=C1c2c(Cl)cccc2Cc2c(Cl)cc3ccccc3c21. The zero-order valence-electron chi connectivity index (χ0n) is 11.0. The summed E-state index contributed by atoms with van der Waals surface area (Å²) < 4.78 is 0. The summed E-state index contributed by atoms with van der Waals surface area (Å²) in [4.78, 5) is 13.0. The van der Waals surface area contributed by atoms with Crippen molar-refractivity contribution in [1.82, 2.24) is 0 Å². The van der Waals surface area contributed by atoms with Crippen molar-refractivity contribution < 1.29 is 4.79 Å². The van der Waals surface area contributed by atoms with E-state index in [0.717, 1.165) is 21.9 Å². The predicted molar refractivity (Wildman–Crippen MR) is 86.6 cm³/mol. The highest BCUT2D eigenvalue weighted by Crippen LogP contribution is 2.38. The molecule has 0 fully saturated rings. The van der Waals surface area contributed by atoms with E-state index < -0.39 is 0 Å². The van der Waals surface area contributed by atoms with Gasteiger partial charge in [-0.25, -0.2) is 0 Å². The van der Waals surface area contributed by atoms with Gasteiger partial charge in [-0.15, -0.1) is 0 Å². The van der Waals surface area contributed by atoms with Gasteiger partial charge in [-0.2, -0.15) is 0 Å². The number of halogens is 2. The highest BCUT2D eigenvalue weighted by molar-refractivity contribution is 6.38. The van der Waals surface area contributed by atoms with Gasteiger partial charge in [0.15, 0.2) is 5.78 Å². The Balaban J connectivity index is 2.11. The molecule has 0 atom stereocenters. The molecule has 0 saturated heterocycles. The van der Waals surface area contributed by atoms with Gasteiger partial charge >= 0.3 is 0 Å². The molecule has 0 saturated carbocycles. The van der Waals surface area contributed by atoms with Crippen LogP contribution in [0.4, 0.5) is 0 Å². The maximum Gasteiger partial charge on any atom is 0.195 e. The van der Waals surface area contributed by atoms with E-state index in [9.17, 15) is 4.79 Å². The minimum atomic E-state index is -0.0319. The molecule has 3 aromatic rings. The number of fused-ring (bicyclic) bond motifs is 4. The second-order valence-corrected chi connectivity index (χ2v) is 6.03. The van der Waals surface area contributed by atoms with E-state index in [1.807, 2.05) is 42.5 Å². The Hall–Kier alpha value is -1.83. The molecule has 0 amide bonds. The fourth-order valence-electron chi connectivity index (χ4n) is 3.07. The van der Waals surface area contributed by atoms with E-state index in [0.29, 0.717) is 27.6 Å². The van der Waals surface area contributed by atoms with E-state index in [1.165, 1.54) is 0 Å². The fraction of sp³-hybridized carbons (Fsp3) is 0.0556. The van der Waals surface area contributed by atoms with Crippen LogP contribution in [-0.4, -0.2) is 5.78 Å². The summed E-state index contributed by atoms with van der Waals surface area (Å²) in [5.74, 6) is -0.0319. The molecule has 0 radical (unpaired) electrons.